The molecule has 1 atom stereocenters. The molecule has 0 spiro atoms. The molecule has 0 saturated carbocycles. The second kappa shape index (κ2) is 14.9. The number of aliphatic hydroxyl groups is 1. The monoisotopic (exact) mass is 438 g/mol. The van der Waals surface area contributed by atoms with Crippen molar-refractivity contribution in [1.29, 1.82) is 0 Å². The molecule has 7 nitrogen and oxygen atoms in total. The summed E-state index contributed by atoms with van der Waals surface area (Å²) in [7, 11) is 0. The summed E-state index contributed by atoms with van der Waals surface area (Å²) in [6.07, 6.45) is 11.7. The van der Waals surface area contributed by atoms with E-state index in [2.05, 4.69) is 34.5 Å². The summed E-state index contributed by atoms with van der Waals surface area (Å²) in [5.41, 5.74) is 7.63. The minimum absolute atomic E-state index is 0. The van der Waals surface area contributed by atoms with Gasteiger partial charge in [0, 0.05) is 5.56 Å². The number of aliphatic hydroxyl groups excluding tert-OH is 1. The Morgan fingerprint density at radius 3 is 2.37 bits per heavy atom. The number of halogens is 1. The van der Waals surface area contributed by atoms with Crippen LogP contribution in [-0.2, 0) is 17.8 Å². The molecule has 0 aliphatic heterocycles. The van der Waals surface area contributed by atoms with E-state index in [1.165, 1.54) is 56.9 Å². The largest absolute Gasteiger partial charge is 0.394 e. The molecular weight excluding hydrogens is 404 g/mol. The topological polar surface area (TPSA) is 114 Å². The van der Waals surface area contributed by atoms with Gasteiger partial charge in [0.05, 0.1) is 13.2 Å². The van der Waals surface area contributed by atoms with Gasteiger partial charge < -0.3 is 20.7 Å². The van der Waals surface area contributed by atoms with Crippen molar-refractivity contribution in [3.63, 3.8) is 0 Å². The Morgan fingerprint density at radius 1 is 1.10 bits per heavy atom. The molecule has 2 rings (SSSR count). The number of rotatable bonds is 14. The SMILES string of the molecule is CCCCCCCCCCc1ccc(-c2noc(CNC(=O)C(N)CO)n2)cc1.Cl. The van der Waals surface area contributed by atoms with E-state index in [1.54, 1.807) is 0 Å². The van der Waals surface area contributed by atoms with Crippen LogP contribution in [0.1, 0.15) is 69.7 Å². The number of nitrogens with zero attached hydrogens (tertiary/aromatic N) is 2. The van der Waals surface area contributed by atoms with E-state index in [1.807, 2.05) is 12.1 Å². The average Bonchev–Trinajstić information content (AvgIpc) is 3.22. The molecule has 0 fully saturated rings. The van der Waals surface area contributed by atoms with Crippen LogP contribution in [0, 0.1) is 0 Å². The van der Waals surface area contributed by atoms with E-state index in [9.17, 15) is 4.79 Å². The maximum absolute atomic E-state index is 11.6. The van der Waals surface area contributed by atoms with Crippen molar-refractivity contribution in [3.05, 3.63) is 35.7 Å². The summed E-state index contributed by atoms with van der Waals surface area (Å²) >= 11 is 0. The molecule has 0 bridgehead atoms. The van der Waals surface area contributed by atoms with Crippen LogP contribution >= 0.6 is 12.4 Å². The number of aryl methyl sites for hydroxylation is 1. The van der Waals surface area contributed by atoms with Crippen molar-refractivity contribution in [2.24, 2.45) is 5.73 Å². The predicted molar refractivity (Wildman–Crippen MR) is 120 cm³/mol. The van der Waals surface area contributed by atoms with Gasteiger partial charge in [0.1, 0.15) is 6.04 Å². The fraction of sp³-hybridized carbons (Fsp3) is 0.591. The van der Waals surface area contributed by atoms with E-state index < -0.39 is 18.6 Å². The summed E-state index contributed by atoms with van der Waals surface area (Å²) in [6.45, 7) is 1.92. The van der Waals surface area contributed by atoms with Crippen LogP contribution in [0.15, 0.2) is 28.8 Å². The lowest BCUT2D eigenvalue weighted by Gasteiger charge is -2.06. The van der Waals surface area contributed by atoms with Crippen LogP contribution in [0.5, 0.6) is 0 Å². The van der Waals surface area contributed by atoms with Crippen molar-refractivity contribution in [3.8, 4) is 11.4 Å². The highest BCUT2D eigenvalue weighted by Gasteiger charge is 2.14. The molecule has 1 aromatic carbocycles. The number of hydrogen-bond donors (Lipinski definition) is 3. The molecule has 8 heteroatoms. The van der Waals surface area contributed by atoms with E-state index >= 15 is 0 Å². The molecule has 1 unspecified atom stereocenters. The molecule has 0 radical (unpaired) electrons. The number of amides is 1. The number of nitrogens with one attached hydrogen (secondary N) is 1. The maximum atomic E-state index is 11.6. The van der Waals surface area contributed by atoms with Crippen LogP contribution in [0.2, 0.25) is 0 Å². The highest BCUT2D eigenvalue weighted by Crippen LogP contribution is 2.18. The van der Waals surface area contributed by atoms with Crippen molar-refractivity contribution >= 4 is 18.3 Å². The molecule has 1 heterocycles. The smallest absolute Gasteiger partial charge is 0.246 e. The first kappa shape index (κ1) is 26.1. The second-order valence-corrected chi connectivity index (χ2v) is 7.44. The van der Waals surface area contributed by atoms with Gasteiger partial charge in [-0.15, -0.1) is 12.4 Å². The quantitative estimate of drug-likeness (QED) is 0.387. The minimum atomic E-state index is -0.953. The van der Waals surface area contributed by atoms with Crippen molar-refractivity contribution in [2.45, 2.75) is 77.3 Å². The molecule has 4 N–H and O–H groups in total. The minimum Gasteiger partial charge on any atom is -0.394 e. The first-order valence-electron chi connectivity index (χ1n) is 10.7. The molecule has 30 heavy (non-hydrogen) atoms. The summed E-state index contributed by atoms with van der Waals surface area (Å²) in [4.78, 5) is 15.9. The third-order valence-electron chi connectivity index (χ3n) is 4.95. The first-order chi connectivity index (χ1) is 14.1. The maximum Gasteiger partial charge on any atom is 0.246 e. The normalized spacial score (nSPS) is 11.7. The number of nitrogens with two attached hydrogens (primary N) is 1. The van der Waals surface area contributed by atoms with Crippen LogP contribution in [-0.4, -0.2) is 33.8 Å². The molecule has 1 aromatic heterocycles. The molecule has 168 valence electrons. The Morgan fingerprint density at radius 2 is 1.73 bits per heavy atom. The highest BCUT2D eigenvalue weighted by molar-refractivity contribution is 5.85. The second-order valence-electron chi connectivity index (χ2n) is 7.44. The lowest BCUT2D eigenvalue weighted by atomic mass is 10.0. The number of carbonyl (C=O) groups is 1. The van der Waals surface area contributed by atoms with Gasteiger partial charge in [0.25, 0.3) is 0 Å². The van der Waals surface area contributed by atoms with Gasteiger partial charge in [0.2, 0.25) is 17.6 Å². The highest BCUT2D eigenvalue weighted by atomic mass is 35.5. The Balaban J connectivity index is 0.00000450. The van der Waals surface area contributed by atoms with Crippen molar-refractivity contribution < 1.29 is 14.4 Å². The summed E-state index contributed by atoms with van der Waals surface area (Å²) in [5.74, 6) is 0.318. The van der Waals surface area contributed by atoms with Gasteiger partial charge in [-0.25, -0.2) is 0 Å². The number of benzene rings is 1. The van der Waals surface area contributed by atoms with Crippen molar-refractivity contribution in [1.82, 2.24) is 15.5 Å². The fourth-order valence-electron chi connectivity index (χ4n) is 3.10. The molecule has 1 amide bonds. The first-order valence-corrected chi connectivity index (χ1v) is 10.7. The van der Waals surface area contributed by atoms with Gasteiger partial charge in [-0.2, -0.15) is 4.98 Å². The van der Waals surface area contributed by atoms with E-state index in [0.717, 1.165) is 12.0 Å². The fourth-order valence-corrected chi connectivity index (χ4v) is 3.10. The lowest BCUT2D eigenvalue weighted by molar-refractivity contribution is -0.123. The van der Waals surface area contributed by atoms with Crippen LogP contribution < -0.4 is 11.1 Å². The number of carbonyl (C=O) groups excluding carboxylic acids is 1. The Labute approximate surface area is 185 Å². The number of hydrogen-bond acceptors (Lipinski definition) is 6. The lowest BCUT2D eigenvalue weighted by Crippen LogP contribution is -2.42. The Kier molecular flexibility index (Phi) is 13.0. The summed E-state index contributed by atoms with van der Waals surface area (Å²) < 4.78 is 5.16. The van der Waals surface area contributed by atoms with Gasteiger partial charge in [-0.3, -0.25) is 4.79 Å². The molecule has 0 saturated heterocycles. The van der Waals surface area contributed by atoms with E-state index in [-0.39, 0.29) is 19.0 Å². The summed E-state index contributed by atoms with van der Waals surface area (Å²) in [5, 5.41) is 15.4. The van der Waals surface area contributed by atoms with Crippen LogP contribution in [0.4, 0.5) is 0 Å². The standard InChI is InChI=1S/C22H34N4O3.ClH/c1-2-3-4-5-6-7-8-9-10-17-11-13-18(14-12-17)21-25-20(29-26-21)15-24-22(28)19(23)16-27;/h11-14,19,27H,2-10,15-16,23H2,1H3,(H,24,28);1H. The molecule has 0 aliphatic carbocycles. The van der Waals surface area contributed by atoms with Crippen LogP contribution in [0.3, 0.4) is 0 Å². The van der Waals surface area contributed by atoms with E-state index in [0.29, 0.717) is 11.7 Å². The Hall–Kier alpha value is -1.96. The van der Waals surface area contributed by atoms with Gasteiger partial charge in [-0.05, 0) is 18.4 Å². The van der Waals surface area contributed by atoms with E-state index in [4.69, 9.17) is 15.4 Å². The van der Waals surface area contributed by atoms with Gasteiger partial charge in [-0.1, -0.05) is 81.3 Å². The predicted octanol–water partition coefficient (Wildman–Crippen LogP) is 3.78. The zero-order chi connectivity index (χ0) is 20.9. The van der Waals surface area contributed by atoms with Crippen molar-refractivity contribution in [2.75, 3.05) is 6.61 Å². The zero-order valence-corrected chi connectivity index (χ0v) is 18.6. The Bertz CT molecular complexity index is 721. The number of unbranched alkanes of at least 4 members (excludes halogenated alkanes) is 7. The van der Waals surface area contributed by atoms with Gasteiger partial charge >= 0.3 is 0 Å². The molecule has 2 aromatic rings. The number of aromatic nitrogens is 2. The molecular formula is C22H35ClN4O3. The zero-order valence-electron chi connectivity index (χ0n) is 17.8. The molecule has 0 aliphatic rings. The van der Waals surface area contributed by atoms with Crippen LogP contribution in [0.25, 0.3) is 11.4 Å². The summed E-state index contributed by atoms with van der Waals surface area (Å²) in [6, 6.07) is 7.25. The average molecular weight is 439 g/mol. The third-order valence-corrected chi connectivity index (χ3v) is 4.95. The third kappa shape index (κ3) is 9.24. The van der Waals surface area contributed by atoms with Gasteiger partial charge in [0.15, 0.2) is 0 Å².